The van der Waals surface area contributed by atoms with Gasteiger partial charge >= 0.3 is 0 Å². The maximum absolute atomic E-state index is 12.4. The van der Waals surface area contributed by atoms with Crippen molar-refractivity contribution in [3.05, 3.63) is 71.8 Å². The lowest BCUT2D eigenvalue weighted by molar-refractivity contribution is -0.201. The second kappa shape index (κ2) is 8.79. The highest BCUT2D eigenvalue weighted by Gasteiger charge is 2.41. The van der Waals surface area contributed by atoms with E-state index in [-0.39, 0.29) is 18.1 Å². The molecule has 25 heavy (non-hydrogen) atoms. The number of nitrogens with zero attached hydrogens (tertiary/aromatic N) is 1. The summed E-state index contributed by atoms with van der Waals surface area (Å²) >= 11 is 0. The highest BCUT2D eigenvalue weighted by atomic mass is 16.7. The monoisotopic (exact) mass is 339 g/mol. The molecule has 132 valence electrons. The molecule has 0 aliphatic carbocycles. The van der Waals surface area contributed by atoms with Gasteiger partial charge in [0.2, 0.25) is 5.91 Å². The number of hydrogen-bond acceptors (Lipinski definition) is 3. The molecular weight excluding hydrogens is 314 g/mol. The van der Waals surface area contributed by atoms with Crippen molar-refractivity contribution in [1.82, 2.24) is 5.06 Å². The maximum atomic E-state index is 12.4. The number of carbonyl (C=O) groups excluding carboxylic acids is 1. The molecule has 2 aromatic rings. The van der Waals surface area contributed by atoms with Crippen molar-refractivity contribution >= 4 is 5.91 Å². The van der Waals surface area contributed by atoms with Gasteiger partial charge in [-0.3, -0.25) is 9.63 Å². The van der Waals surface area contributed by atoms with E-state index in [0.29, 0.717) is 19.6 Å². The number of amides is 1. The molecule has 4 nitrogen and oxygen atoms in total. The van der Waals surface area contributed by atoms with E-state index in [9.17, 15) is 4.79 Å². The molecule has 0 unspecified atom stereocenters. The van der Waals surface area contributed by atoms with E-state index in [4.69, 9.17) is 9.57 Å². The minimum Gasteiger partial charge on any atom is -0.371 e. The summed E-state index contributed by atoms with van der Waals surface area (Å²) in [6.45, 7) is 3.04. The molecule has 0 aromatic heterocycles. The van der Waals surface area contributed by atoms with E-state index in [1.165, 1.54) is 0 Å². The van der Waals surface area contributed by atoms with E-state index in [2.05, 4.69) is 6.92 Å². The third kappa shape index (κ3) is 4.68. The summed E-state index contributed by atoms with van der Waals surface area (Å²) in [5, 5.41) is 1.55. The Hall–Kier alpha value is -2.17. The number of rotatable bonds is 8. The third-order valence-electron chi connectivity index (χ3n) is 4.46. The number of carbonyl (C=O) groups is 1. The predicted molar refractivity (Wildman–Crippen MR) is 96.4 cm³/mol. The lowest BCUT2D eigenvalue weighted by atomic mass is 10.1. The summed E-state index contributed by atoms with van der Waals surface area (Å²) in [6, 6.07) is 19.9. The number of ether oxygens (including phenoxy) is 1. The molecule has 1 heterocycles. The Labute approximate surface area is 149 Å². The molecule has 1 aliphatic rings. The quantitative estimate of drug-likeness (QED) is 0.727. The van der Waals surface area contributed by atoms with Gasteiger partial charge in [0.15, 0.2) is 0 Å². The molecule has 0 saturated carbocycles. The zero-order valence-corrected chi connectivity index (χ0v) is 14.6. The molecule has 1 fully saturated rings. The van der Waals surface area contributed by atoms with E-state index in [0.717, 1.165) is 24.0 Å². The first-order valence-electron chi connectivity index (χ1n) is 8.92. The van der Waals surface area contributed by atoms with Crippen molar-refractivity contribution in [3.8, 4) is 0 Å². The highest BCUT2D eigenvalue weighted by Crippen LogP contribution is 2.27. The summed E-state index contributed by atoms with van der Waals surface area (Å²) in [7, 11) is 0. The van der Waals surface area contributed by atoms with Crippen molar-refractivity contribution in [3.63, 3.8) is 0 Å². The lowest BCUT2D eigenvalue weighted by Crippen LogP contribution is -2.37. The average Bonchev–Trinajstić information content (AvgIpc) is 2.95. The van der Waals surface area contributed by atoms with Crippen LogP contribution in [0.15, 0.2) is 60.7 Å². The van der Waals surface area contributed by atoms with Crippen LogP contribution in [0.2, 0.25) is 0 Å². The second-order valence-corrected chi connectivity index (χ2v) is 6.37. The van der Waals surface area contributed by atoms with E-state index in [1.54, 1.807) is 5.06 Å². The van der Waals surface area contributed by atoms with Crippen LogP contribution in [0.4, 0.5) is 0 Å². The fourth-order valence-corrected chi connectivity index (χ4v) is 3.17. The predicted octanol–water partition coefficient (Wildman–Crippen LogP) is 4.10. The minimum absolute atomic E-state index is 0.00689. The van der Waals surface area contributed by atoms with Gasteiger partial charge in [0.25, 0.3) is 0 Å². The van der Waals surface area contributed by atoms with E-state index < -0.39 is 0 Å². The van der Waals surface area contributed by atoms with E-state index >= 15 is 0 Å². The Kier molecular flexibility index (Phi) is 6.20. The van der Waals surface area contributed by atoms with Gasteiger partial charge in [0.1, 0.15) is 6.61 Å². The summed E-state index contributed by atoms with van der Waals surface area (Å²) in [6.07, 6.45) is 2.11. The average molecular weight is 339 g/mol. The Bertz CT molecular complexity index is 659. The SMILES string of the molecule is CCC[C@@H]1[C@@H](OCc2ccccc2)CC(=O)N1OCc1ccccc1. The van der Waals surface area contributed by atoms with Crippen LogP contribution in [0.3, 0.4) is 0 Å². The lowest BCUT2D eigenvalue weighted by Gasteiger charge is -2.27. The molecule has 3 rings (SSSR count). The molecule has 2 atom stereocenters. The van der Waals surface area contributed by atoms with Gasteiger partial charge in [-0.1, -0.05) is 74.0 Å². The smallest absolute Gasteiger partial charge is 0.249 e. The highest BCUT2D eigenvalue weighted by molar-refractivity contribution is 5.78. The van der Waals surface area contributed by atoms with Gasteiger partial charge in [-0.15, -0.1) is 0 Å². The Balaban J connectivity index is 1.61. The van der Waals surface area contributed by atoms with Crippen LogP contribution < -0.4 is 0 Å². The standard InChI is InChI=1S/C21H25NO3/c1-2-9-19-20(24-15-17-10-5-3-6-11-17)14-21(23)22(19)25-16-18-12-7-4-8-13-18/h3-8,10-13,19-20H,2,9,14-16H2,1H3/t19-,20+/m1/s1. The molecular formula is C21H25NO3. The molecule has 0 bridgehead atoms. The summed E-state index contributed by atoms with van der Waals surface area (Å²) in [4.78, 5) is 18.3. The first-order chi connectivity index (χ1) is 12.3. The topological polar surface area (TPSA) is 38.8 Å². The molecule has 2 aromatic carbocycles. The first-order valence-corrected chi connectivity index (χ1v) is 8.92. The Morgan fingerprint density at radius 3 is 2.16 bits per heavy atom. The molecule has 0 radical (unpaired) electrons. The zero-order chi connectivity index (χ0) is 17.5. The van der Waals surface area contributed by atoms with Gasteiger partial charge in [-0.25, -0.2) is 5.06 Å². The van der Waals surface area contributed by atoms with Crippen LogP contribution in [0.5, 0.6) is 0 Å². The van der Waals surface area contributed by atoms with Crippen molar-refractivity contribution in [2.45, 2.75) is 51.5 Å². The molecule has 0 N–H and O–H groups in total. The molecule has 1 saturated heterocycles. The molecule has 1 amide bonds. The van der Waals surface area contributed by atoms with Crippen LogP contribution in [0, 0.1) is 0 Å². The Morgan fingerprint density at radius 2 is 1.56 bits per heavy atom. The Morgan fingerprint density at radius 1 is 0.960 bits per heavy atom. The van der Waals surface area contributed by atoms with Gasteiger partial charge in [0, 0.05) is 0 Å². The summed E-state index contributed by atoms with van der Waals surface area (Å²) in [5.74, 6) is 0.00689. The normalized spacial score (nSPS) is 20.2. The molecule has 4 heteroatoms. The largest absolute Gasteiger partial charge is 0.371 e. The van der Waals surface area contributed by atoms with Crippen LogP contribution in [-0.4, -0.2) is 23.1 Å². The number of benzene rings is 2. The van der Waals surface area contributed by atoms with Gasteiger partial charge < -0.3 is 4.74 Å². The fraction of sp³-hybridized carbons (Fsp3) is 0.381. The second-order valence-electron chi connectivity index (χ2n) is 6.37. The van der Waals surface area contributed by atoms with Crippen LogP contribution >= 0.6 is 0 Å². The van der Waals surface area contributed by atoms with Crippen molar-refractivity contribution < 1.29 is 14.4 Å². The van der Waals surface area contributed by atoms with Crippen LogP contribution in [0.1, 0.15) is 37.3 Å². The summed E-state index contributed by atoms with van der Waals surface area (Å²) in [5.41, 5.74) is 2.17. The van der Waals surface area contributed by atoms with Crippen molar-refractivity contribution in [1.29, 1.82) is 0 Å². The van der Waals surface area contributed by atoms with Crippen LogP contribution in [0.25, 0.3) is 0 Å². The number of hydroxylamine groups is 2. The van der Waals surface area contributed by atoms with Gasteiger partial charge in [0.05, 0.1) is 25.2 Å². The first kappa shape index (κ1) is 17.6. The van der Waals surface area contributed by atoms with Crippen LogP contribution in [-0.2, 0) is 27.6 Å². The minimum atomic E-state index is -0.122. The van der Waals surface area contributed by atoms with Crippen molar-refractivity contribution in [2.24, 2.45) is 0 Å². The van der Waals surface area contributed by atoms with Gasteiger partial charge in [-0.2, -0.15) is 0 Å². The van der Waals surface area contributed by atoms with E-state index in [1.807, 2.05) is 60.7 Å². The summed E-state index contributed by atoms with van der Waals surface area (Å²) < 4.78 is 6.06. The number of hydrogen-bond donors (Lipinski definition) is 0. The van der Waals surface area contributed by atoms with Crippen molar-refractivity contribution in [2.75, 3.05) is 0 Å². The molecule has 1 aliphatic heterocycles. The fourth-order valence-electron chi connectivity index (χ4n) is 3.17. The maximum Gasteiger partial charge on any atom is 0.249 e. The zero-order valence-electron chi connectivity index (χ0n) is 14.6. The molecule has 0 spiro atoms. The third-order valence-corrected chi connectivity index (χ3v) is 4.46. The van der Waals surface area contributed by atoms with Gasteiger partial charge in [-0.05, 0) is 17.5 Å².